The topological polar surface area (TPSA) is 105 Å². The Morgan fingerprint density at radius 2 is 1.15 bits per heavy atom. The molecular weight excluding hydrogens is 611 g/mol. The fourth-order valence-electron chi connectivity index (χ4n) is 5.57. The second kappa shape index (κ2) is 31.2. The monoisotopic (exact) mass is 690 g/mol. The van der Waals surface area contributed by atoms with E-state index in [1.807, 2.05) is 21.1 Å². The average molecular weight is 690 g/mol. The molecule has 280 valence electrons. The van der Waals surface area contributed by atoms with Gasteiger partial charge in [-0.05, 0) is 38.5 Å². The molecule has 3 atom stereocenters. The van der Waals surface area contributed by atoms with E-state index in [9.17, 15) is 19.4 Å². The quantitative estimate of drug-likeness (QED) is 0.0265. The lowest BCUT2D eigenvalue weighted by atomic mass is 10.0. The number of hydrogen-bond donors (Lipinski definition) is 3. The van der Waals surface area contributed by atoms with Crippen LogP contribution in [0.5, 0.6) is 0 Å². The van der Waals surface area contributed by atoms with E-state index in [0.717, 1.165) is 51.4 Å². The van der Waals surface area contributed by atoms with E-state index in [4.69, 9.17) is 9.05 Å². The highest BCUT2D eigenvalue weighted by Crippen LogP contribution is 2.43. The molecule has 47 heavy (non-hydrogen) atoms. The van der Waals surface area contributed by atoms with E-state index in [2.05, 4.69) is 31.3 Å². The number of phosphoric ester groups is 1. The maximum atomic E-state index is 12.8. The highest BCUT2D eigenvalue weighted by atomic mass is 31.2. The van der Waals surface area contributed by atoms with Gasteiger partial charge in [-0.3, -0.25) is 13.8 Å². The molecule has 0 rings (SSSR count). The Hall–Kier alpha value is -0.760. The summed E-state index contributed by atoms with van der Waals surface area (Å²) in [5.41, 5.74) is 0. The van der Waals surface area contributed by atoms with Crippen LogP contribution in [-0.4, -0.2) is 73.4 Å². The minimum absolute atomic E-state index is 0.0744. The zero-order valence-corrected chi connectivity index (χ0v) is 32.4. The number of likely N-dealkylation sites (N-methyl/N-ethyl adjacent to an activating group) is 1. The van der Waals surface area contributed by atoms with Crippen LogP contribution in [0.1, 0.15) is 174 Å². The molecule has 3 N–H and O–H groups in total. The van der Waals surface area contributed by atoms with Gasteiger partial charge < -0.3 is 19.8 Å². The summed E-state index contributed by atoms with van der Waals surface area (Å²) < 4.78 is 23.5. The number of aliphatic hydroxyl groups excluding tert-OH is 1. The zero-order chi connectivity index (χ0) is 35.1. The summed E-state index contributed by atoms with van der Waals surface area (Å²) in [6.07, 6.45) is 32.3. The predicted octanol–water partition coefficient (Wildman–Crippen LogP) is 10.0. The van der Waals surface area contributed by atoms with Crippen molar-refractivity contribution in [2.24, 2.45) is 0 Å². The van der Waals surface area contributed by atoms with E-state index in [0.29, 0.717) is 23.9 Å². The first-order valence-corrected chi connectivity index (χ1v) is 21.0. The van der Waals surface area contributed by atoms with Gasteiger partial charge in [0, 0.05) is 6.42 Å². The Morgan fingerprint density at radius 1 is 0.702 bits per heavy atom. The maximum absolute atomic E-state index is 12.8. The van der Waals surface area contributed by atoms with Crippen LogP contribution in [0.15, 0.2) is 12.2 Å². The van der Waals surface area contributed by atoms with Crippen molar-refractivity contribution in [1.82, 2.24) is 5.32 Å². The Kier molecular flexibility index (Phi) is 30.7. The Balaban J connectivity index is 4.46. The number of nitrogens with zero attached hydrogens (tertiary/aromatic N) is 1. The molecule has 0 aromatic heterocycles. The van der Waals surface area contributed by atoms with Crippen molar-refractivity contribution in [1.29, 1.82) is 0 Å². The Morgan fingerprint density at radius 3 is 1.64 bits per heavy atom. The molecule has 0 aliphatic rings. The number of aliphatic hydroxyl groups is 1. The van der Waals surface area contributed by atoms with Crippen molar-refractivity contribution < 1.29 is 32.9 Å². The normalized spacial score (nSPS) is 14.8. The Bertz CT molecular complexity index is 789. The van der Waals surface area contributed by atoms with E-state index in [-0.39, 0.29) is 19.1 Å². The number of hydrogen-bond acceptors (Lipinski definition) is 5. The van der Waals surface area contributed by atoms with Gasteiger partial charge in [-0.1, -0.05) is 142 Å². The number of carbonyl (C=O) groups excluding carboxylic acids is 1. The van der Waals surface area contributed by atoms with Crippen LogP contribution in [-0.2, 0) is 18.4 Å². The zero-order valence-electron chi connectivity index (χ0n) is 31.5. The van der Waals surface area contributed by atoms with Crippen molar-refractivity contribution in [3.05, 3.63) is 12.2 Å². The molecule has 0 aliphatic carbocycles. The van der Waals surface area contributed by atoms with Gasteiger partial charge in [-0.25, -0.2) is 4.57 Å². The SMILES string of the molecule is CCCCCCC/C=C/CCCCCCCC(=O)N[C@@H](COP(=O)(O)OCC[N+](C)(C)C)[C@H](O)CCCCCCCCCCCCC. The fourth-order valence-corrected chi connectivity index (χ4v) is 6.30. The smallest absolute Gasteiger partial charge is 0.391 e. The lowest BCUT2D eigenvalue weighted by molar-refractivity contribution is -0.870. The van der Waals surface area contributed by atoms with Gasteiger partial charge in [-0.2, -0.15) is 0 Å². The van der Waals surface area contributed by atoms with Gasteiger partial charge in [0.25, 0.3) is 0 Å². The van der Waals surface area contributed by atoms with Crippen molar-refractivity contribution in [2.75, 3.05) is 40.9 Å². The molecule has 0 spiro atoms. The summed E-state index contributed by atoms with van der Waals surface area (Å²) in [6.45, 7) is 4.85. The first-order chi connectivity index (χ1) is 22.5. The highest BCUT2D eigenvalue weighted by Gasteiger charge is 2.28. The molecule has 0 bridgehead atoms. The molecule has 1 unspecified atom stereocenters. The molecule has 0 saturated heterocycles. The number of nitrogens with one attached hydrogen (secondary N) is 1. The largest absolute Gasteiger partial charge is 0.472 e. The minimum Gasteiger partial charge on any atom is -0.391 e. The molecule has 0 saturated carbocycles. The van der Waals surface area contributed by atoms with Crippen molar-refractivity contribution >= 4 is 13.7 Å². The number of phosphoric acid groups is 1. The van der Waals surface area contributed by atoms with E-state index < -0.39 is 20.0 Å². The summed E-state index contributed by atoms with van der Waals surface area (Å²) in [4.78, 5) is 23.0. The number of allylic oxidation sites excluding steroid dienone is 2. The fraction of sp³-hybridized carbons (Fsp3) is 0.921. The van der Waals surface area contributed by atoms with Crippen molar-refractivity contribution in [3.8, 4) is 0 Å². The molecule has 0 fully saturated rings. The highest BCUT2D eigenvalue weighted by molar-refractivity contribution is 7.47. The lowest BCUT2D eigenvalue weighted by Crippen LogP contribution is -2.46. The van der Waals surface area contributed by atoms with Gasteiger partial charge in [0.1, 0.15) is 13.2 Å². The molecule has 0 heterocycles. The van der Waals surface area contributed by atoms with E-state index in [1.54, 1.807) is 0 Å². The summed E-state index contributed by atoms with van der Waals surface area (Å²) in [5, 5.41) is 13.9. The van der Waals surface area contributed by atoms with Crippen LogP contribution < -0.4 is 5.32 Å². The van der Waals surface area contributed by atoms with Crippen LogP contribution in [0.3, 0.4) is 0 Å². The third-order valence-corrected chi connectivity index (χ3v) is 9.75. The first-order valence-electron chi connectivity index (χ1n) is 19.6. The molecule has 0 aromatic carbocycles. The molecule has 8 nitrogen and oxygen atoms in total. The number of unbranched alkanes of at least 4 members (excludes halogenated alkanes) is 20. The summed E-state index contributed by atoms with van der Waals surface area (Å²) in [5.74, 6) is -0.155. The average Bonchev–Trinajstić information content (AvgIpc) is 3.01. The summed E-state index contributed by atoms with van der Waals surface area (Å²) in [7, 11) is 1.61. The molecule has 0 radical (unpaired) electrons. The van der Waals surface area contributed by atoms with Crippen LogP contribution in [0.2, 0.25) is 0 Å². The van der Waals surface area contributed by atoms with Gasteiger partial charge in [-0.15, -0.1) is 0 Å². The number of carbonyl (C=O) groups is 1. The minimum atomic E-state index is -4.30. The standard InChI is InChI=1S/C38H77N2O6P/c1-6-8-10-12-14-16-18-19-20-22-24-26-28-30-32-38(42)39-36(35-46-47(43,44)45-34-33-40(3,4)5)37(41)31-29-27-25-23-21-17-15-13-11-9-7-2/h18-19,36-37,41H,6-17,20-35H2,1-5H3,(H-,39,42,43,44)/p+1/b19-18+/t36-,37+/m0/s1. The van der Waals surface area contributed by atoms with Crippen LogP contribution in [0, 0.1) is 0 Å². The second-order valence-corrected chi connectivity index (χ2v) is 16.1. The van der Waals surface area contributed by atoms with Crippen molar-refractivity contribution in [3.63, 3.8) is 0 Å². The third kappa shape index (κ3) is 33.5. The summed E-state index contributed by atoms with van der Waals surface area (Å²) >= 11 is 0. The van der Waals surface area contributed by atoms with Crippen LogP contribution in [0.25, 0.3) is 0 Å². The van der Waals surface area contributed by atoms with Gasteiger partial charge in [0.2, 0.25) is 5.91 Å². The number of amides is 1. The summed E-state index contributed by atoms with van der Waals surface area (Å²) in [6, 6.07) is -0.758. The number of quaternary nitrogens is 1. The maximum Gasteiger partial charge on any atom is 0.472 e. The third-order valence-electron chi connectivity index (χ3n) is 8.76. The molecule has 0 aliphatic heterocycles. The van der Waals surface area contributed by atoms with Crippen LogP contribution in [0.4, 0.5) is 0 Å². The number of rotatable bonds is 35. The molecule has 0 aromatic rings. The predicted molar refractivity (Wildman–Crippen MR) is 198 cm³/mol. The van der Waals surface area contributed by atoms with Gasteiger partial charge >= 0.3 is 7.82 Å². The molecule has 1 amide bonds. The van der Waals surface area contributed by atoms with Crippen LogP contribution >= 0.6 is 7.82 Å². The van der Waals surface area contributed by atoms with Gasteiger partial charge in [0.15, 0.2) is 0 Å². The molecular formula is C38H78N2O6P+. The van der Waals surface area contributed by atoms with Crippen molar-refractivity contribution in [2.45, 2.75) is 187 Å². The Labute approximate surface area is 291 Å². The van der Waals surface area contributed by atoms with E-state index in [1.165, 1.54) is 96.3 Å². The molecule has 9 heteroatoms. The lowest BCUT2D eigenvalue weighted by Gasteiger charge is -2.26. The van der Waals surface area contributed by atoms with Gasteiger partial charge in [0.05, 0.1) is 39.9 Å². The second-order valence-electron chi connectivity index (χ2n) is 14.7. The van der Waals surface area contributed by atoms with E-state index >= 15 is 0 Å². The first kappa shape index (κ1) is 46.2.